The molecule has 0 saturated carbocycles. The minimum absolute atomic E-state index is 0.116. The summed E-state index contributed by atoms with van der Waals surface area (Å²) in [5.74, 6) is 0.116. The number of rotatable bonds is 6. The lowest BCUT2D eigenvalue weighted by Gasteiger charge is -2.32. The molecule has 15 heavy (non-hydrogen) atoms. The summed E-state index contributed by atoms with van der Waals surface area (Å²) in [5, 5.41) is 0. The lowest BCUT2D eigenvalue weighted by molar-refractivity contribution is -0.0500. The van der Waals surface area contributed by atoms with Gasteiger partial charge in [0.05, 0.1) is 17.9 Å². The zero-order chi connectivity index (χ0) is 12.3. The summed E-state index contributed by atoms with van der Waals surface area (Å²) in [7, 11) is 0. The molecule has 0 fully saturated rings. The molecule has 2 unspecified atom stereocenters. The molecule has 0 aliphatic rings. The van der Waals surface area contributed by atoms with Crippen LogP contribution in [0.25, 0.3) is 0 Å². The lowest BCUT2D eigenvalue weighted by Crippen LogP contribution is -2.53. The fraction of sp³-hybridized carbons (Fsp3) is 1.00. The van der Waals surface area contributed by atoms with Crippen LogP contribution in [0.15, 0.2) is 0 Å². The Kier molecular flexibility index (Phi) is 5.20. The molecule has 0 aromatic carbocycles. The molecule has 0 aromatic rings. The summed E-state index contributed by atoms with van der Waals surface area (Å²) in [4.78, 5) is 0. The van der Waals surface area contributed by atoms with Crippen molar-refractivity contribution in [2.75, 3.05) is 6.61 Å². The monoisotopic (exact) mass is 217 g/mol. The SMILES string of the molecule is CC(N)CC(C)(C)OCC(C)C(C)(N)N. The Morgan fingerprint density at radius 1 is 1.13 bits per heavy atom. The predicted molar refractivity (Wildman–Crippen MR) is 64.2 cm³/mol. The maximum absolute atomic E-state index is 5.79. The highest BCUT2D eigenvalue weighted by atomic mass is 16.5. The van der Waals surface area contributed by atoms with Gasteiger partial charge < -0.3 is 21.9 Å². The van der Waals surface area contributed by atoms with Crippen LogP contribution in [0.1, 0.15) is 41.0 Å². The van der Waals surface area contributed by atoms with Crippen LogP contribution in [-0.4, -0.2) is 23.9 Å². The zero-order valence-corrected chi connectivity index (χ0v) is 10.7. The molecule has 0 rings (SSSR count). The Morgan fingerprint density at radius 2 is 1.60 bits per heavy atom. The summed E-state index contributed by atoms with van der Waals surface area (Å²) in [6.07, 6.45) is 0.825. The van der Waals surface area contributed by atoms with E-state index in [0.717, 1.165) is 6.42 Å². The molecule has 92 valence electrons. The molecule has 0 aliphatic heterocycles. The van der Waals surface area contributed by atoms with E-state index in [1.165, 1.54) is 0 Å². The van der Waals surface area contributed by atoms with Crippen LogP contribution in [0.3, 0.4) is 0 Å². The highest BCUT2D eigenvalue weighted by molar-refractivity contribution is 4.79. The van der Waals surface area contributed by atoms with E-state index in [1.54, 1.807) is 6.92 Å². The van der Waals surface area contributed by atoms with E-state index < -0.39 is 5.66 Å². The number of hydrogen-bond acceptors (Lipinski definition) is 4. The highest BCUT2D eigenvalue weighted by Crippen LogP contribution is 2.19. The maximum Gasteiger partial charge on any atom is 0.0656 e. The van der Waals surface area contributed by atoms with Crippen LogP contribution >= 0.6 is 0 Å². The van der Waals surface area contributed by atoms with Crippen LogP contribution < -0.4 is 17.2 Å². The first-order valence-electron chi connectivity index (χ1n) is 5.52. The van der Waals surface area contributed by atoms with Gasteiger partial charge in [0.1, 0.15) is 0 Å². The largest absolute Gasteiger partial charge is 0.375 e. The topological polar surface area (TPSA) is 87.3 Å². The highest BCUT2D eigenvalue weighted by Gasteiger charge is 2.26. The average molecular weight is 217 g/mol. The van der Waals surface area contributed by atoms with Gasteiger partial charge in [-0.15, -0.1) is 0 Å². The second-order valence-corrected chi connectivity index (χ2v) is 5.52. The van der Waals surface area contributed by atoms with Crippen molar-refractivity contribution in [3.63, 3.8) is 0 Å². The maximum atomic E-state index is 5.79. The van der Waals surface area contributed by atoms with E-state index in [-0.39, 0.29) is 17.6 Å². The summed E-state index contributed by atoms with van der Waals surface area (Å²) in [6.45, 7) is 10.4. The minimum Gasteiger partial charge on any atom is -0.375 e. The van der Waals surface area contributed by atoms with Crippen molar-refractivity contribution < 1.29 is 4.74 Å². The van der Waals surface area contributed by atoms with Crippen molar-refractivity contribution in [2.24, 2.45) is 23.1 Å². The Bertz CT molecular complexity index is 185. The first-order chi connectivity index (χ1) is 6.54. The molecular formula is C11H27N3O. The number of nitrogens with two attached hydrogens (primary N) is 3. The van der Waals surface area contributed by atoms with Crippen LogP contribution in [0.2, 0.25) is 0 Å². The molecule has 0 aromatic heterocycles. The lowest BCUT2D eigenvalue weighted by atomic mass is 9.97. The first-order valence-corrected chi connectivity index (χ1v) is 5.52. The Hall–Kier alpha value is -0.160. The normalized spacial score (nSPS) is 17.6. The van der Waals surface area contributed by atoms with Gasteiger partial charge in [0.15, 0.2) is 0 Å². The molecule has 0 heterocycles. The fourth-order valence-electron chi connectivity index (χ4n) is 1.36. The van der Waals surface area contributed by atoms with Crippen LogP contribution in [0.5, 0.6) is 0 Å². The quantitative estimate of drug-likeness (QED) is 0.574. The van der Waals surface area contributed by atoms with Crippen molar-refractivity contribution in [3.05, 3.63) is 0 Å². The third kappa shape index (κ3) is 6.84. The molecular weight excluding hydrogens is 190 g/mol. The van der Waals surface area contributed by atoms with Gasteiger partial charge in [-0.3, -0.25) is 0 Å². The van der Waals surface area contributed by atoms with Gasteiger partial charge in [-0.25, -0.2) is 0 Å². The van der Waals surface area contributed by atoms with Gasteiger partial charge in [-0.2, -0.15) is 0 Å². The molecule has 0 aliphatic carbocycles. The predicted octanol–water partition coefficient (Wildman–Crippen LogP) is 0.789. The van der Waals surface area contributed by atoms with Crippen molar-refractivity contribution in [3.8, 4) is 0 Å². The summed E-state index contributed by atoms with van der Waals surface area (Å²) >= 11 is 0. The second kappa shape index (κ2) is 5.25. The number of hydrogen-bond donors (Lipinski definition) is 3. The minimum atomic E-state index is -0.690. The van der Waals surface area contributed by atoms with E-state index in [4.69, 9.17) is 21.9 Å². The third-order valence-corrected chi connectivity index (χ3v) is 2.60. The van der Waals surface area contributed by atoms with Crippen LogP contribution in [-0.2, 0) is 4.74 Å². The molecule has 0 spiro atoms. The smallest absolute Gasteiger partial charge is 0.0656 e. The first kappa shape index (κ1) is 14.8. The zero-order valence-electron chi connectivity index (χ0n) is 10.7. The Morgan fingerprint density at radius 3 is 1.93 bits per heavy atom. The molecule has 4 nitrogen and oxygen atoms in total. The molecule has 4 heteroatoms. The van der Waals surface area contributed by atoms with E-state index in [1.807, 2.05) is 27.7 Å². The molecule has 6 N–H and O–H groups in total. The van der Waals surface area contributed by atoms with Gasteiger partial charge in [0, 0.05) is 12.0 Å². The standard InChI is InChI=1S/C11H27N3O/c1-8(11(5,13)14)7-15-10(3,4)6-9(2)12/h8-9H,6-7,12-14H2,1-5H3. The van der Waals surface area contributed by atoms with E-state index in [9.17, 15) is 0 Å². The van der Waals surface area contributed by atoms with Crippen LogP contribution in [0.4, 0.5) is 0 Å². The van der Waals surface area contributed by atoms with Gasteiger partial charge in [-0.05, 0) is 34.1 Å². The van der Waals surface area contributed by atoms with Crippen molar-refractivity contribution >= 4 is 0 Å². The van der Waals surface area contributed by atoms with Crippen molar-refractivity contribution in [2.45, 2.75) is 58.3 Å². The number of ether oxygens (including phenoxy) is 1. The Labute approximate surface area is 93.5 Å². The fourth-order valence-corrected chi connectivity index (χ4v) is 1.36. The Balaban J connectivity index is 4.04. The molecule has 0 saturated heterocycles. The summed E-state index contributed by atoms with van der Waals surface area (Å²) in [5.41, 5.74) is 16.4. The van der Waals surface area contributed by atoms with Crippen molar-refractivity contribution in [1.29, 1.82) is 0 Å². The van der Waals surface area contributed by atoms with Crippen molar-refractivity contribution in [1.82, 2.24) is 0 Å². The van der Waals surface area contributed by atoms with Gasteiger partial charge in [0.25, 0.3) is 0 Å². The van der Waals surface area contributed by atoms with E-state index in [2.05, 4.69) is 0 Å². The van der Waals surface area contributed by atoms with E-state index in [0.29, 0.717) is 6.61 Å². The molecule has 0 amide bonds. The van der Waals surface area contributed by atoms with Gasteiger partial charge >= 0.3 is 0 Å². The van der Waals surface area contributed by atoms with Gasteiger partial charge in [0.2, 0.25) is 0 Å². The third-order valence-electron chi connectivity index (χ3n) is 2.60. The summed E-state index contributed by atoms with van der Waals surface area (Å²) < 4.78 is 5.79. The van der Waals surface area contributed by atoms with Crippen LogP contribution in [0, 0.1) is 5.92 Å². The molecule has 0 bridgehead atoms. The summed E-state index contributed by atoms with van der Waals surface area (Å²) in [6, 6.07) is 0.137. The average Bonchev–Trinajstić information content (AvgIpc) is 1.95. The van der Waals surface area contributed by atoms with Gasteiger partial charge in [-0.1, -0.05) is 6.92 Å². The molecule has 0 radical (unpaired) electrons. The second-order valence-electron chi connectivity index (χ2n) is 5.52. The van der Waals surface area contributed by atoms with E-state index >= 15 is 0 Å². The molecule has 2 atom stereocenters.